The van der Waals surface area contributed by atoms with E-state index in [2.05, 4.69) is 25.4 Å². The summed E-state index contributed by atoms with van der Waals surface area (Å²) in [6.45, 7) is 0. The Kier molecular flexibility index (Phi) is 1.23. The largest absolute Gasteiger partial charge is 0.383 e. The lowest BCUT2D eigenvalue weighted by molar-refractivity contribution is 1.05. The van der Waals surface area contributed by atoms with Gasteiger partial charge in [0.25, 0.3) is 0 Å². The van der Waals surface area contributed by atoms with Crippen LogP contribution in [-0.2, 0) is 0 Å². The molecule has 5 N–H and O–H groups in total. The smallest absolute Gasteiger partial charge is 0.340 e. The molecule has 0 saturated heterocycles. The molecule has 0 aliphatic rings. The number of nitrogen functional groups attached to an aromatic ring is 1. The minimum atomic E-state index is -0.370. The standard InChI is InChI=1S/C5H6N6O/c6-3-2(1-7-9-3)4-8-5(12)11-10-4/h1H,(H3,6,7,9)(H2,8,10,11,12). The molecule has 2 rings (SSSR count). The summed E-state index contributed by atoms with van der Waals surface area (Å²) in [6.07, 6.45) is 1.49. The maximum atomic E-state index is 10.7. The van der Waals surface area contributed by atoms with Crippen molar-refractivity contribution >= 4 is 5.82 Å². The van der Waals surface area contributed by atoms with Crippen LogP contribution in [0.2, 0.25) is 0 Å². The number of aromatic amines is 3. The van der Waals surface area contributed by atoms with E-state index in [1.165, 1.54) is 6.20 Å². The van der Waals surface area contributed by atoms with Gasteiger partial charge in [0, 0.05) is 0 Å². The lowest BCUT2D eigenvalue weighted by atomic mass is 10.3. The number of aromatic nitrogens is 5. The molecule has 2 heterocycles. The van der Waals surface area contributed by atoms with E-state index in [-0.39, 0.29) is 5.69 Å². The van der Waals surface area contributed by atoms with E-state index in [9.17, 15) is 4.79 Å². The summed E-state index contributed by atoms with van der Waals surface area (Å²) >= 11 is 0. The van der Waals surface area contributed by atoms with Crippen LogP contribution < -0.4 is 11.4 Å². The zero-order valence-electron chi connectivity index (χ0n) is 5.96. The van der Waals surface area contributed by atoms with Gasteiger partial charge in [0.2, 0.25) is 0 Å². The Balaban J connectivity index is 2.57. The highest BCUT2D eigenvalue weighted by atomic mass is 16.1. The molecule has 0 unspecified atom stereocenters. The Morgan fingerprint density at radius 2 is 2.25 bits per heavy atom. The maximum Gasteiger partial charge on any atom is 0.340 e. The van der Waals surface area contributed by atoms with Crippen molar-refractivity contribution in [2.24, 2.45) is 0 Å². The molecule has 0 fully saturated rings. The van der Waals surface area contributed by atoms with Crippen molar-refractivity contribution in [2.75, 3.05) is 5.73 Å². The van der Waals surface area contributed by atoms with Crippen LogP contribution in [0.15, 0.2) is 11.0 Å². The first-order chi connectivity index (χ1) is 5.77. The predicted molar refractivity (Wildman–Crippen MR) is 41.2 cm³/mol. The molecule has 12 heavy (non-hydrogen) atoms. The van der Waals surface area contributed by atoms with Crippen LogP contribution in [0.1, 0.15) is 0 Å². The Bertz CT molecular complexity index is 436. The van der Waals surface area contributed by atoms with E-state index in [1.54, 1.807) is 0 Å². The molecule has 0 aliphatic heterocycles. The summed E-state index contributed by atoms with van der Waals surface area (Å²) in [7, 11) is 0. The molecular weight excluding hydrogens is 160 g/mol. The molecule has 0 atom stereocenters. The van der Waals surface area contributed by atoms with Gasteiger partial charge >= 0.3 is 5.69 Å². The first kappa shape index (κ1) is 6.65. The molecule has 7 nitrogen and oxygen atoms in total. The number of nitrogens with one attached hydrogen (secondary N) is 3. The third-order valence-electron chi connectivity index (χ3n) is 1.43. The zero-order chi connectivity index (χ0) is 8.55. The van der Waals surface area contributed by atoms with Gasteiger partial charge in [-0.15, -0.1) is 0 Å². The second-order valence-electron chi connectivity index (χ2n) is 2.22. The quantitative estimate of drug-likeness (QED) is 0.438. The summed E-state index contributed by atoms with van der Waals surface area (Å²) in [5.41, 5.74) is 5.70. The average molecular weight is 166 g/mol. The van der Waals surface area contributed by atoms with E-state index < -0.39 is 0 Å². The number of hydrogen-bond donors (Lipinski definition) is 4. The van der Waals surface area contributed by atoms with Gasteiger partial charge < -0.3 is 5.73 Å². The summed E-state index contributed by atoms with van der Waals surface area (Å²) < 4.78 is 0. The summed E-state index contributed by atoms with van der Waals surface area (Å²) in [5, 5.41) is 12.1. The Hall–Kier alpha value is -2.05. The van der Waals surface area contributed by atoms with Gasteiger partial charge in [-0.25, -0.2) is 9.89 Å². The van der Waals surface area contributed by atoms with Gasteiger partial charge in [-0.05, 0) is 0 Å². The van der Waals surface area contributed by atoms with E-state index in [4.69, 9.17) is 5.73 Å². The molecule has 0 amide bonds. The second-order valence-corrected chi connectivity index (χ2v) is 2.22. The van der Waals surface area contributed by atoms with Crippen molar-refractivity contribution in [1.29, 1.82) is 0 Å². The van der Waals surface area contributed by atoms with Crippen molar-refractivity contribution in [1.82, 2.24) is 25.4 Å². The van der Waals surface area contributed by atoms with Crippen molar-refractivity contribution in [3.8, 4) is 11.4 Å². The molecule has 0 bridgehead atoms. The molecular formula is C5H6N6O. The van der Waals surface area contributed by atoms with E-state index in [1.807, 2.05) is 0 Å². The van der Waals surface area contributed by atoms with E-state index in [0.29, 0.717) is 17.2 Å². The zero-order valence-corrected chi connectivity index (χ0v) is 5.96. The third-order valence-corrected chi connectivity index (χ3v) is 1.43. The second kappa shape index (κ2) is 2.22. The first-order valence-corrected chi connectivity index (χ1v) is 3.21. The average Bonchev–Trinajstić information content (AvgIpc) is 2.58. The van der Waals surface area contributed by atoms with E-state index in [0.717, 1.165) is 0 Å². The van der Waals surface area contributed by atoms with Crippen LogP contribution in [0.4, 0.5) is 5.82 Å². The highest BCUT2D eigenvalue weighted by Crippen LogP contribution is 2.16. The van der Waals surface area contributed by atoms with Crippen molar-refractivity contribution in [2.45, 2.75) is 0 Å². The van der Waals surface area contributed by atoms with Crippen LogP contribution in [0.3, 0.4) is 0 Å². The lowest BCUT2D eigenvalue weighted by Gasteiger charge is -1.88. The first-order valence-electron chi connectivity index (χ1n) is 3.21. The van der Waals surface area contributed by atoms with Crippen LogP contribution in [0, 0.1) is 0 Å². The van der Waals surface area contributed by atoms with Crippen molar-refractivity contribution < 1.29 is 0 Å². The van der Waals surface area contributed by atoms with Gasteiger partial charge in [-0.1, -0.05) is 0 Å². The SMILES string of the molecule is Nc1[nH]ncc1-c1n[nH]c(=O)[nH]1. The number of hydrogen-bond acceptors (Lipinski definition) is 4. The number of rotatable bonds is 1. The van der Waals surface area contributed by atoms with Gasteiger partial charge in [0.15, 0.2) is 5.82 Å². The molecule has 0 aromatic carbocycles. The fraction of sp³-hybridized carbons (Fsp3) is 0. The number of nitrogens with two attached hydrogens (primary N) is 1. The van der Waals surface area contributed by atoms with E-state index >= 15 is 0 Å². The van der Waals surface area contributed by atoms with Crippen molar-refractivity contribution in [3.05, 3.63) is 16.7 Å². The normalized spacial score (nSPS) is 10.3. The maximum absolute atomic E-state index is 10.7. The monoisotopic (exact) mass is 166 g/mol. The van der Waals surface area contributed by atoms with Crippen LogP contribution in [0.25, 0.3) is 11.4 Å². The molecule has 0 saturated carbocycles. The summed E-state index contributed by atoms with van der Waals surface area (Å²) in [6, 6.07) is 0. The fourth-order valence-corrected chi connectivity index (χ4v) is 0.883. The third kappa shape index (κ3) is 0.875. The molecule has 0 aliphatic carbocycles. The Labute approximate surface area is 66.0 Å². The number of anilines is 1. The number of nitrogens with zero attached hydrogens (tertiary/aromatic N) is 2. The number of H-pyrrole nitrogens is 3. The van der Waals surface area contributed by atoms with Crippen LogP contribution >= 0.6 is 0 Å². The summed E-state index contributed by atoms with van der Waals surface area (Å²) in [5.74, 6) is 0.754. The van der Waals surface area contributed by atoms with Gasteiger partial charge in [0.05, 0.1) is 11.8 Å². The minimum Gasteiger partial charge on any atom is -0.383 e. The highest BCUT2D eigenvalue weighted by Gasteiger charge is 2.07. The molecule has 2 aromatic rings. The molecule has 0 radical (unpaired) electrons. The Morgan fingerprint density at radius 3 is 2.75 bits per heavy atom. The van der Waals surface area contributed by atoms with Crippen molar-refractivity contribution in [3.63, 3.8) is 0 Å². The molecule has 0 spiro atoms. The Morgan fingerprint density at radius 1 is 1.42 bits per heavy atom. The fourth-order valence-electron chi connectivity index (χ4n) is 0.883. The molecule has 7 heteroatoms. The van der Waals surface area contributed by atoms with Crippen LogP contribution in [-0.4, -0.2) is 25.4 Å². The lowest BCUT2D eigenvalue weighted by Crippen LogP contribution is -2.00. The van der Waals surface area contributed by atoms with Gasteiger partial charge in [-0.3, -0.25) is 10.1 Å². The summed E-state index contributed by atoms with van der Waals surface area (Å²) in [4.78, 5) is 13.1. The van der Waals surface area contributed by atoms with Crippen LogP contribution in [0.5, 0.6) is 0 Å². The minimum absolute atomic E-state index is 0.370. The predicted octanol–water partition coefficient (Wildman–Crippen LogP) is -0.930. The van der Waals surface area contributed by atoms with Gasteiger partial charge in [0.1, 0.15) is 5.82 Å². The molecule has 62 valence electrons. The van der Waals surface area contributed by atoms with Gasteiger partial charge in [-0.2, -0.15) is 10.2 Å². The highest BCUT2D eigenvalue weighted by molar-refractivity contribution is 5.66. The molecule has 2 aromatic heterocycles. The topological polar surface area (TPSA) is 116 Å².